The van der Waals surface area contributed by atoms with Crippen LogP contribution >= 0.6 is 0 Å². The molecule has 60 valence electrons. The van der Waals surface area contributed by atoms with E-state index in [0.717, 1.165) is 0 Å². The molecule has 0 aromatic rings. The maximum Gasteiger partial charge on any atom is 0.333 e. The normalized spacial score (nSPS) is 11.3. The Balaban J connectivity index is 4.18. The van der Waals surface area contributed by atoms with Gasteiger partial charge in [0.05, 0.1) is 12.7 Å². The summed E-state index contributed by atoms with van der Waals surface area (Å²) in [6.45, 7) is 1.71. The molecule has 0 aromatic carbocycles. The molecule has 0 radical (unpaired) electrons. The van der Waals surface area contributed by atoms with E-state index >= 15 is 0 Å². The lowest BCUT2D eigenvalue weighted by Crippen LogP contribution is -2.30. The quantitative estimate of drug-likeness (QED) is 0.426. The monoisotopic (exact) mass is 156 g/mol. The van der Waals surface area contributed by atoms with Crippen LogP contribution in [0.2, 0.25) is 0 Å². The first-order chi connectivity index (χ1) is 5.13. The molecule has 2 N–H and O–H groups in total. The molecule has 0 aromatic heterocycles. The van der Waals surface area contributed by atoms with Crippen molar-refractivity contribution in [3.63, 3.8) is 0 Å². The maximum atomic E-state index is 10.7. The zero-order chi connectivity index (χ0) is 8.85. The Morgan fingerprint density at radius 2 is 2.27 bits per heavy atom. The summed E-state index contributed by atoms with van der Waals surface area (Å²) in [5.41, 5.74) is 4.72. The predicted octanol–water partition coefficient (Wildman–Crippen LogP) is -0.825. The highest BCUT2D eigenvalue weighted by atomic mass is 16.5. The molecule has 0 saturated carbocycles. The number of amides is 1. The molecule has 0 fully saturated rings. The summed E-state index contributed by atoms with van der Waals surface area (Å²) >= 11 is 0. The van der Waals surface area contributed by atoms with Crippen LogP contribution in [0.25, 0.3) is 0 Å². The van der Waals surface area contributed by atoms with Crippen molar-refractivity contribution in [2.24, 2.45) is 11.7 Å². The second-order valence-corrected chi connectivity index (χ2v) is 1.72. The zero-order valence-electron chi connectivity index (χ0n) is 6.03. The van der Waals surface area contributed by atoms with Gasteiger partial charge in [-0.2, -0.15) is 5.26 Å². The second kappa shape index (κ2) is 4.28. The minimum atomic E-state index is -1.48. The third-order valence-electron chi connectivity index (χ3n) is 0.936. The van der Waals surface area contributed by atoms with Crippen LogP contribution in [-0.4, -0.2) is 18.5 Å². The summed E-state index contributed by atoms with van der Waals surface area (Å²) in [5.74, 6) is -3.34. The number of carbonyl (C=O) groups is 2. The maximum absolute atomic E-state index is 10.7. The Hall–Kier alpha value is -1.57. The van der Waals surface area contributed by atoms with Gasteiger partial charge in [0.25, 0.3) is 0 Å². The van der Waals surface area contributed by atoms with Crippen LogP contribution in [0, 0.1) is 17.2 Å². The summed E-state index contributed by atoms with van der Waals surface area (Å²) in [4.78, 5) is 21.0. The van der Waals surface area contributed by atoms with E-state index in [9.17, 15) is 9.59 Å². The van der Waals surface area contributed by atoms with Gasteiger partial charge in [-0.05, 0) is 6.92 Å². The van der Waals surface area contributed by atoms with Crippen molar-refractivity contribution in [2.45, 2.75) is 6.92 Å². The average molecular weight is 156 g/mol. The number of nitrogens with zero attached hydrogens (tertiary/aromatic N) is 1. The van der Waals surface area contributed by atoms with Crippen LogP contribution in [0.15, 0.2) is 0 Å². The summed E-state index contributed by atoms with van der Waals surface area (Å²) in [7, 11) is 0. The number of esters is 1. The number of nitriles is 1. The average Bonchev–Trinajstić information content (AvgIpc) is 1.88. The number of carbonyl (C=O) groups excluding carboxylic acids is 2. The number of hydrogen-bond acceptors (Lipinski definition) is 4. The fraction of sp³-hybridized carbons (Fsp3) is 0.500. The number of ether oxygens (including phenoxy) is 1. The van der Waals surface area contributed by atoms with E-state index < -0.39 is 17.8 Å². The Labute approximate surface area is 63.7 Å². The van der Waals surface area contributed by atoms with Crippen molar-refractivity contribution in [1.29, 1.82) is 5.26 Å². The lowest BCUT2D eigenvalue weighted by Gasteiger charge is -2.02. The molecule has 0 rings (SSSR count). The molecule has 0 heterocycles. The number of primary amides is 1. The standard InChI is InChI=1S/C6H8N2O3/c1-2-11-6(10)4(3-7)5(8)9/h4H,2H2,1H3,(H2,8,9)/t4-/m1/s1. The highest BCUT2D eigenvalue weighted by Gasteiger charge is 2.24. The van der Waals surface area contributed by atoms with Crippen molar-refractivity contribution in [3.8, 4) is 6.07 Å². The lowest BCUT2D eigenvalue weighted by atomic mass is 10.2. The first kappa shape index (κ1) is 9.43. The molecular weight excluding hydrogens is 148 g/mol. The topological polar surface area (TPSA) is 93.2 Å². The van der Waals surface area contributed by atoms with Crippen molar-refractivity contribution in [1.82, 2.24) is 0 Å². The molecule has 5 heteroatoms. The van der Waals surface area contributed by atoms with Crippen LogP contribution in [0.1, 0.15) is 6.92 Å². The molecule has 0 unspecified atom stereocenters. The Kier molecular flexibility index (Phi) is 3.67. The first-order valence-corrected chi connectivity index (χ1v) is 2.99. The van der Waals surface area contributed by atoms with Crippen molar-refractivity contribution in [3.05, 3.63) is 0 Å². The minimum Gasteiger partial charge on any atom is -0.465 e. The number of hydrogen-bond donors (Lipinski definition) is 1. The molecule has 0 saturated heterocycles. The minimum absolute atomic E-state index is 0.129. The van der Waals surface area contributed by atoms with E-state index in [0.29, 0.717) is 0 Å². The smallest absolute Gasteiger partial charge is 0.333 e. The number of rotatable bonds is 3. The van der Waals surface area contributed by atoms with Crippen LogP contribution in [0.4, 0.5) is 0 Å². The molecule has 1 atom stereocenters. The molecular formula is C6H8N2O3. The Morgan fingerprint density at radius 3 is 2.55 bits per heavy atom. The number of nitrogens with two attached hydrogens (primary N) is 1. The second-order valence-electron chi connectivity index (χ2n) is 1.72. The van der Waals surface area contributed by atoms with E-state index in [2.05, 4.69) is 4.74 Å². The van der Waals surface area contributed by atoms with E-state index in [4.69, 9.17) is 11.0 Å². The largest absolute Gasteiger partial charge is 0.465 e. The van der Waals surface area contributed by atoms with Gasteiger partial charge in [-0.3, -0.25) is 9.59 Å². The summed E-state index contributed by atoms with van der Waals surface area (Å²) in [6.07, 6.45) is 0. The summed E-state index contributed by atoms with van der Waals surface area (Å²) < 4.78 is 4.39. The van der Waals surface area contributed by atoms with Crippen LogP contribution in [0.3, 0.4) is 0 Å². The molecule has 5 nitrogen and oxygen atoms in total. The van der Waals surface area contributed by atoms with Gasteiger partial charge in [0.1, 0.15) is 0 Å². The zero-order valence-corrected chi connectivity index (χ0v) is 6.03. The SMILES string of the molecule is CCOC(=O)[C@H](C#N)C(N)=O. The van der Waals surface area contributed by atoms with E-state index in [1.54, 1.807) is 6.92 Å². The lowest BCUT2D eigenvalue weighted by molar-refractivity contribution is -0.148. The molecule has 1 amide bonds. The van der Waals surface area contributed by atoms with Crippen molar-refractivity contribution >= 4 is 11.9 Å². The van der Waals surface area contributed by atoms with E-state index in [1.807, 2.05) is 0 Å². The first-order valence-electron chi connectivity index (χ1n) is 2.99. The molecule has 0 aliphatic carbocycles. The van der Waals surface area contributed by atoms with Gasteiger partial charge in [0.2, 0.25) is 11.8 Å². The van der Waals surface area contributed by atoms with Gasteiger partial charge >= 0.3 is 5.97 Å². The van der Waals surface area contributed by atoms with Gasteiger partial charge in [-0.1, -0.05) is 0 Å². The fourth-order valence-electron chi connectivity index (χ4n) is 0.458. The Bertz CT molecular complexity index is 206. The van der Waals surface area contributed by atoms with E-state index in [1.165, 1.54) is 6.07 Å². The third-order valence-corrected chi connectivity index (χ3v) is 0.936. The predicted molar refractivity (Wildman–Crippen MR) is 34.9 cm³/mol. The highest BCUT2D eigenvalue weighted by Crippen LogP contribution is 1.96. The highest BCUT2D eigenvalue weighted by molar-refractivity contribution is 5.99. The van der Waals surface area contributed by atoms with Gasteiger partial charge < -0.3 is 10.5 Å². The molecule has 11 heavy (non-hydrogen) atoms. The van der Waals surface area contributed by atoms with E-state index in [-0.39, 0.29) is 6.61 Å². The summed E-state index contributed by atoms with van der Waals surface area (Å²) in [6, 6.07) is 1.44. The molecule has 0 aliphatic heterocycles. The van der Waals surface area contributed by atoms with Gasteiger partial charge in [0, 0.05) is 0 Å². The van der Waals surface area contributed by atoms with Gasteiger partial charge in [0.15, 0.2) is 0 Å². The third kappa shape index (κ3) is 2.67. The molecule has 0 spiro atoms. The fourth-order valence-corrected chi connectivity index (χ4v) is 0.458. The van der Waals surface area contributed by atoms with Gasteiger partial charge in [-0.15, -0.1) is 0 Å². The Morgan fingerprint density at radius 1 is 1.73 bits per heavy atom. The van der Waals surface area contributed by atoms with Gasteiger partial charge in [-0.25, -0.2) is 0 Å². The molecule has 0 aliphatic rings. The van der Waals surface area contributed by atoms with Crippen molar-refractivity contribution < 1.29 is 14.3 Å². The van der Waals surface area contributed by atoms with Crippen molar-refractivity contribution in [2.75, 3.05) is 6.61 Å². The van der Waals surface area contributed by atoms with Crippen LogP contribution < -0.4 is 5.73 Å². The summed E-state index contributed by atoms with van der Waals surface area (Å²) in [5, 5.41) is 8.24. The van der Waals surface area contributed by atoms with Crippen LogP contribution in [0.5, 0.6) is 0 Å². The van der Waals surface area contributed by atoms with Crippen LogP contribution in [-0.2, 0) is 14.3 Å². The molecule has 0 bridgehead atoms.